The van der Waals surface area contributed by atoms with Gasteiger partial charge in [0, 0.05) is 21.8 Å². The summed E-state index contributed by atoms with van der Waals surface area (Å²) in [4.78, 5) is 25.3. The smallest absolute Gasteiger partial charge is 0.291 e. The fraction of sp³-hybridized carbons (Fsp3) is 0.0526. The van der Waals surface area contributed by atoms with E-state index in [-0.39, 0.29) is 17.6 Å². The van der Waals surface area contributed by atoms with Crippen molar-refractivity contribution in [1.82, 2.24) is 0 Å². The molecule has 0 aliphatic heterocycles. The second-order valence-electron chi connectivity index (χ2n) is 5.19. The van der Waals surface area contributed by atoms with E-state index in [0.29, 0.717) is 11.3 Å². The van der Waals surface area contributed by atoms with Crippen molar-refractivity contribution < 1.29 is 14.0 Å². The Kier molecular flexibility index (Phi) is 5.20. The van der Waals surface area contributed by atoms with Crippen molar-refractivity contribution in [1.29, 1.82) is 0 Å². The highest BCUT2D eigenvalue weighted by Gasteiger charge is 2.10. The number of carbonyl (C=O) groups excluding carboxylic acids is 2. The van der Waals surface area contributed by atoms with Gasteiger partial charge in [-0.25, -0.2) is 0 Å². The average Bonchev–Trinajstić information content (AvgIpc) is 3.17. The molecule has 0 radical (unpaired) electrons. The van der Waals surface area contributed by atoms with Gasteiger partial charge in [0.2, 0.25) is 0 Å². The predicted molar refractivity (Wildman–Crippen MR) is 99.3 cm³/mol. The Balaban J connectivity index is 1.65. The Labute approximate surface area is 149 Å². The lowest BCUT2D eigenvalue weighted by atomic mass is 10.2. The van der Waals surface area contributed by atoms with Crippen LogP contribution in [0, 0.1) is 0 Å². The summed E-state index contributed by atoms with van der Waals surface area (Å²) in [7, 11) is 0. The van der Waals surface area contributed by atoms with E-state index >= 15 is 0 Å². The molecule has 3 aromatic rings. The van der Waals surface area contributed by atoms with Crippen LogP contribution in [0.15, 0.2) is 76.2 Å². The van der Waals surface area contributed by atoms with Crippen molar-refractivity contribution in [2.45, 2.75) is 4.90 Å². The number of nitrogens with one attached hydrogen (secondary N) is 2. The maximum Gasteiger partial charge on any atom is 0.291 e. The van der Waals surface area contributed by atoms with E-state index in [0.717, 1.165) is 10.6 Å². The number of furan rings is 1. The molecule has 1 aromatic heterocycles. The summed E-state index contributed by atoms with van der Waals surface area (Å²) in [5, 5.41) is 5.57. The van der Waals surface area contributed by atoms with Crippen molar-refractivity contribution in [3.05, 3.63) is 78.3 Å². The SMILES string of the molecule is CSc1cccc(NC(=O)c2ccc(NC(=O)c3ccco3)cc2)c1. The van der Waals surface area contributed by atoms with Gasteiger partial charge in [0.25, 0.3) is 11.8 Å². The number of hydrogen-bond donors (Lipinski definition) is 2. The van der Waals surface area contributed by atoms with Crippen LogP contribution in [-0.2, 0) is 0 Å². The van der Waals surface area contributed by atoms with Crippen molar-refractivity contribution in [3.8, 4) is 0 Å². The zero-order valence-electron chi connectivity index (χ0n) is 13.5. The van der Waals surface area contributed by atoms with Crippen LogP contribution in [0.2, 0.25) is 0 Å². The van der Waals surface area contributed by atoms with Gasteiger partial charge in [0.05, 0.1) is 6.26 Å². The molecule has 0 aliphatic carbocycles. The molecule has 1 heterocycles. The summed E-state index contributed by atoms with van der Waals surface area (Å²) in [6.45, 7) is 0. The molecule has 5 nitrogen and oxygen atoms in total. The largest absolute Gasteiger partial charge is 0.459 e. The maximum absolute atomic E-state index is 12.3. The van der Waals surface area contributed by atoms with Gasteiger partial charge in [0.15, 0.2) is 5.76 Å². The molecule has 126 valence electrons. The van der Waals surface area contributed by atoms with E-state index in [9.17, 15) is 9.59 Å². The first-order chi connectivity index (χ1) is 12.2. The molecule has 25 heavy (non-hydrogen) atoms. The first-order valence-corrected chi connectivity index (χ1v) is 8.78. The quantitative estimate of drug-likeness (QED) is 0.663. The average molecular weight is 352 g/mol. The first-order valence-electron chi connectivity index (χ1n) is 7.56. The number of thioether (sulfide) groups is 1. The topological polar surface area (TPSA) is 71.3 Å². The van der Waals surface area contributed by atoms with E-state index in [4.69, 9.17) is 4.42 Å². The molecule has 0 bridgehead atoms. The van der Waals surface area contributed by atoms with Crippen LogP contribution in [0.1, 0.15) is 20.9 Å². The van der Waals surface area contributed by atoms with E-state index in [1.165, 1.54) is 6.26 Å². The number of amides is 2. The molecular weight excluding hydrogens is 336 g/mol. The monoisotopic (exact) mass is 352 g/mol. The molecular formula is C19H16N2O3S. The Morgan fingerprint density at radius 1 is 0.880 bits per heavy atom. The third kappa shape index (κ3) is 4.30. The molecule has 2 amide bonds. The Bertz CT molecular complexity index is 874. The Morgan fingerprint density at radius 3 is 2.32 bits per heavy atom. The van der Waals surface area contributed by atoms with Crippen LogP contribution in [0.4, 0.5) is 11.4 Å². The lowest BCUT2D eigenvalue weighted by molar-refractivity contribution is 0.0995. The van der Waals surface area contributed by atoms with E-state index in [1.54, 1.807) is 48.2 Å². The molecule has 0 unspecified atom stereocenters. The third-order valence-electron chi connectivity index (χ3n) is 3.48. The molecule has 0 saturated carbocycles. The summed E-state index contributed by atoms with van der Waals surface area (Å²) in [5.74, 6) is -0.311. The van der Waals surface area contributed by atoms with Crippen LogP contribution in [-0.4, -0.2) is 18.1 Å². The minimum atomic E-state index is -0.337. The summed E-state index contributed by atoms with van der Waals surface area (Å²) < 4.78 is 5.04. The van der Waals surface area contributed by atoms with Gasteiger partial charge in [-0.2, -0.15) is 0 Å². The van der Waals surface area contributed by atoms with Crippen molar-refractivity contribution in [3.63, 3.8) is 0 Å². The van der Waals surface area contributed by atoms with Crippen LogP contribution >= 0.6 is 11.8 Å². The zero-order valence-corrected chi connectivity index (χ0v) is 14.3. The van der Waals surface area contributed by atoms with E-state index in [2.05, 4.69) is 10.6 Å². The number of benzene rings is 2. The number of anilines is 2. The van der Waals surface area contributed by atoms with Gasteiger partial charge < -0.3 is 15.1 Å². The molecule has 0 spiro atoms. The van der Waals surface area contributed by atoms with E-state index < -0.39 is 0 Å². The molecule has 0 atom stereocenters. The molecule has 2 N–H and O–H groups in total. The molecule has 0 aliphatic rings. The van der Waals surface area contributed by atoms with Crippen LogP contribution in [0.5, 0.6) is 0 Å². The van der Waals surface area contributed by atoms with Gasteiger partial charge >= 0.3 is 0 Å². The van der Waals surface area contributed by atoms with Gasteiger partial charge in [-0.15, -0.1) is 11.8 Å². The van der Waals surface area contributed by atoms with Crippen molar-refractivity contribution >= 4 is 35.0 Å². The Hall–Kier alpha value is -2.99. The second-order valence-corrected chi connectivity index (χ2v) is 6.07. The summed E-state index contributed by atoms with van der Waals surface area (Å²) in [6.07, 6.45) is 3.42. The summed E-state index contributed by atoms with van der Waals surface area (Å²) in [6, 6.07) is 17.5. The van der Waals surface area contributed by atoms with Crippen LogP contribution in [0.25, 0.3) is 0 Å². The van der Waals surface area contributed by atoms with Crippen LogP contribution in [0.3, 0.4) is 0 Å². The zero-order chi connectivity index (χ0) is 17.6. The normalized spacial score (nSPS) is 10.3. The lowest BCUT2D eigenvalue weighted by Crippen LogP contribution is -2.13. The minimum Gasteiger partial charge on any atom is -0.459 e. The Morgan fingerprint density at radius 2 is 1.64 bits per heavy atom. The highest BCUT2D eigenvalue weighted by Crippen LogP contribution is 2.20. The van der Waals surface area contributed by atoms with Gasteiger partial charge in [-0.3, -0.25) is 9.59 Å². The molecule has 0 saturated heterocycles. The molecule has 2 aromatic carbocycles. The van der Waals surface area contributed by atoms with Gasteiger partial charge in [0.1, 0.15) is 0 Å². The highest BCUT2D eigenvalue weighted by atomic mass is 32.2. The number of hydrogen-bond acceptors (Lipinski definition) is 4. The van der Waals surface area contributed by atoms with Crippen molar-refractivity contribution in [2.75, 3.05) is 16.9 Å². The highest BCUT2D eigenvalue weighted by molar-refractivity contribution is 7.98. The number of carbonyl (C=O) groups is 2. The molecule has 6 heteroatoms. The predicted octanol–water partition coefficient (Wildman–Crippen LogP) is 4.51. The second kappa shape index (κ2) is 7.72. The van der Waals surface area contributed by atoms with Crippen molar-refractivity contribution in [2.24, 2.45) is 0 Å². The van der Waals surface area contributed by atoms with Gasteiger partial charge in [-0.05, 0) is 60.9 Å². The number of rotatable bonds is 5. The molecule has 3 rings (SSSR count). The lowest BCUT2D eigenvalue weighted by Gasteiger charge is -2.08. The first kappa shape index (κ1) is 16.9. The maximum atomic E-state index is 12.3. The summed E-state index contributed by atoms with van der Waals surface area (Å²) in [5.41, 5.74) is 1.83. The third-order valence-corrected chi connectivity index (χ3v) is 4.20. The summed E-state index contributed by atoms with van der Waals surface area (Å²) >= 11 is 1.61. The standard InChI is InChI=1S/C19H16N2O3S/c1-25-16-5-2-4-15(12-16)21-18(22)13-7-9-14(10-8-13)20-19(23)17-6-3-11-24-17/h2-12H,1H3,(H,20,23)(H,21,22). The molecule has 0 fully saturated rings. The minimum absolute atomic E-state index is 0.206. The van der Waals surface area contributed by atoms with Gasteiger partial charge in [-0.1, -0.05) is 6.07 Å². The fourth-order valence-corrected chi connectivity index (χ4v) is 2.67. The van der Waals surface area contributed by atoms with E-state index in [1.807, 2.05) is 30.5 Å². The van der Waals surface area contributed by atoms with Crippen LogP contribution < -0.4 is 10.6 Å². The fourth-order valence-electron chi connectivity index (χ4n) is 2.21.